The Morgan fingerprint density at radius 2 is 0.697 bits per heavy atom. The van der Waals surface area contributed by atoms with Crippen LogP contribution in [0.2, 0.25) is 0 Å². The van der Waals surface area contributed by atoms with Crippen molar-refractivity contribution in [3.8, 4) is 0 Å². The number of aromatic nitrogens is 12. The van der Waals surface area contributed by atoms with Crippen molar-refractivity contribution in [1.29, 1.82) is 0 Å². The molecule has 8 rings (SSSR count). The summed E-state index contributed by atoms with van der Waals surface area (Å²) >= 11 is 0. The van der Waals surface area contributed by atoms with Gasteiger partial charge in [-0.3, -0.25) is 47.9 Å². The number of hydrogen-bond donors (Lipinski definition) is 10. The molecule has 0 aliphatic rings. The zero-order valence-corrected chi connectivity index (χ0v) is 49.7. The van der Waals surface area contributed by atoms with Gasteiger partial charge < -0.3 is 94.4 Å². The molecule has 0 spiro atoms. The maximum Gasteiger partial charge on any atom is 0.354 e. The van der Waals surface area contributed by atoms with E-state index in [1.807, 2.05) is 0 Å². The molecule has 10 N–H and O–H groups in total. The van der Waals surface area contributed by atoms with E-state index in [-0.39, 0.29) is 120 Å². The summed E-state index contributed by atoms with van der Waals surface area (Å²) in [7, 11) is 14.0. The molecule has 10 amide bonds. The number of methoxy groups -OCH3 is 1. The molecule has 0 fully saturated rings. The second kappa shape index (κ2) is 27.4. The average molecular weight is 1230 g/mol. The van der Waals surface area contributed by atoms with Gasteiger partial charge in [-0.1, -0.05) is 0 Å². The van der Waals surface area contributed by atoms with Crippen LogP contribution in [0.1, 0.15) is 110 Å². The van der Waals surface area contributed by atoms with Crippen LogP contribution < -0.4 is 53.2 Å². The number of carbonyl (C=O) groups is 11. The van der Waals surface area contributed by atoms with Gasteiger partial charge in [-0.2, -0.15) is 0 Å². The number of rotatable bonds is 25. The van der Waals surface area contributed by atoms with E-state index < -0.39 is 65.0 Å². The Morgan fingerprint density at radius 1 is 0.371 bits per heavy atom. The van der Waals surface area contributed by atoms with Crippen molar-refractivity contribution in [3.63, 3.8) is 0 Å². The highest BCUT2D eigenvalue weighted by Crippen LogP contribution is 2.20. The third-order valence-electron chi connectivity index (χ3n) is 13.4. The van der Waals surface area contributed by atoms with E-state index in [0.29, 0.717) is 11.4 Å². The zero-order valence-electron chi connectivity index (χ0n) is 49.7. The molecule has 0 atom stereocenters. The molecule has 466 valence electrons. The van der Waals surface area contributed by atoms with E-state index in [0.717, 1.165) is 0 Å². The first-order chi connectivity index (χ1) is 42.3. The number of esters is 1. The SMILES string of the molecule is COC(=O)c1cc(NC(=O)c2nc(NC(=O)CCNC(=O)c3cc(NC(=O)c4nc(NC(=O)CCCNC(=O)c5cc(NC(=O)c6nc(NC(=O)CCNC(=O)c7cc(NC(=O)c8nccn8C)cn7C)cn6C)cn5C)cn4C)cn3C)cn2C)cn1C. The lowest BCUT2D eigenvalue weighted by molar-refractivity contribution is -0.117. The van der Waals surface area contributed by atoms with Gasteiger partial charge in [0.25, 0.3) is 41.4 Å². The summed E-state index contributed by atoms with van der Waals surface area (Å²) in [4.78, 5) is 158. The van der Waals surface area contributed by atoms with Gasteiger partial charge in [0.15, 0.2) is 23.3 Å². The summed E-state index contributed by atoms with van der Waals surface area (Å²) in [5, 5.41) is 26.6. The van der Waals surface area contributed by atoms with Gasteiger partial charge in [0.2, 0.25) is 35.2 Å². The highest BCUT2D eigenvalue weighted by atomic mass is 16.5. The number of hydrogen-bond acceptors (Lipinski definition) is 16. The van der Waals surface area contributed by atoms with Crippen LogP contribution in [0.15, 0.2) is 80.0 Å². The molecule has 8 aromatic rings. The van der Waals surface area contributed by atoms with Crippen molar-refractivity contribution in [2.24, 2.45) is 56.4 Å². The minimum Gasteiger partial charge on any atom is -0.464 e. The number of nitrogens with one attached hydrogen (secondary N) is 10. The Labute approximate surface area is 505 Å². The number of nitrogens with zero attached hydrogens (tertiary/aromatic N) is 12. The van der Waals surface area contributed by atoms with Crippen LogP contribution in [0.25, 0.3) is 0 Å². The minimum absolute atomic E-state index is 0.0223. The Morgan fingerprint density at radius 3 is 1.04 bits per heavy atom. The monoisotopic (exact) mass is 1220 g/mol. The summed E-state index contributed by atoms with van der Waals surface area (Å²) in [6.07, 6.45) is 13.5. The third-order valence-corrected chi connectivity index (χ3v) is 13.4. The van der Waals surface area contributed by atoms with E-state index in [1.54, 1.807) is 73.3 Å². The van der Waals surface area contributed by atoms with Crippen molar-refractivity contribution < 1.29 is 57.5 Å². The Kier molecular flexibility index (Phi) is 19.5. The lowest BCUT2D eigenvalue weighted by atomic mass is 10.3. The normalized spacial score (nSPS) is 10.9. The van der Waals surface area contributed by atoms with Crippen molar-refractivity contribution in [1.82, 2.24) is 72.4 Å². The van der Waals surface area contributed by atoms with E-state index in [1.165, 1.54) is 107 Å². The van der Waals surface area contributed by atoms with Crippen molar-refractivity contribution in [2.75, 3.05) is 64.0 Å². The van der Waals surface area contributed by atoms with Crippen LogP contribution in [-0.2, 0) is 75.5 Å². The number of aryl methyl sites for hydroxylation is 8. The summed E-state index contributed by atoms with van der Waals surface area (Å²) in [6, 6.07) is 5.82. The van der Waals surface area contributed by atoms with E-state index in [9.17, 15) is 52.7 Å². The molecule has 8 heterocycles. The van der Waals surface area contributed by atoms with E-state index in [4.69, 9.17) is 4.74 Å². The first kappa shape index (κ1) is 63.2. The van der Waals surface area contributed by atoms with Gasteiger partial charge in [0, 0.05) is 151 Å². The molecule has 0 aliphatic heterocycles. The summed E-state index contributed by atoms with van der Waals surface area (Å²) in [5.41, 5.74) is 2.07. The van der Waals surface area contributed by atoms with Gasteiger partial charge in [-0.15, -0.1) is 0 Å². The second-order valence-electron chi connectivity index (χ2n) is 20.3. The fourth-order valence-corrected chi connectivity index (χ4v) is 8.98. The minimum atomic E-state index is -0.645. The predicted molar refractivity (Wildman–Crippen MR) is 319 cm³/mol. The molecular formula is C55H64N22O12. The highest BCUT2D eigenvalue weighted by molar-refractivity contribution is 6.07. The largest absolute Gasteiger partial charge is 0.464 e. The number of amides is 10. The van der Waals surface area contributed by atoms with Crippen LogP contribution in [0.4, 0.5) is 40.2 Å². The summed E-state index contributed by atoms with van der Waals surface area (Å²) in [5.74, 6) is -5.51. The number of anilines is 7. The lowest BCUT2D eigenvalue weighted by Crippen LogP contribution is -2.29. The smallest absolute Gasteiger partial charge is 0.354 e. The molecule has 89 heavy (non-hydrogen) atoms. The van der Waals surface area contributed by atoms with Crippen LogP contribution in [0.5, 0.6) is 0 Å². The van der Waals surface area contributed by atoms with Gasteiger partial charge >= 0.3 is 5.97 Å². The number of carbonyl (C=O) groups excluding carboxylic acids is 11. The van der Waals surface area contributed by atoms with Crippen LogP contribution >= 0.6 is 0 Å². The molecule has 34 heteroatoms. The molecule has 0 unspecified atom stereocenters. The molecule has 0 aromatic carbocycles. The average Bonchev–Trinajstić information content (AvgIpc) is 4.18. The van der Waals surface area contributed by atoms with Gasteiger partial charge in [0.1, 0.15) is 22.8 Å². The number of imidazole rings is 4. The van der Waals surface area contributed by atoms with Gasteiger partial charge in [-0.05, 0) is 30.7 Å². The van der Waals surface area contributed by atoms with E-state index >= 15 is 0 Å². The van der Waals surface area contributed by atoms with Gasteiger partial charge in [-0.25, -0.2) is 24.7 Å². The zero-order chi connectivity index (χ0) is 64.4. The van der Waals surface area contributed by atoms with Crippen molar-refractivity contribution in [3.05, 3.63) is 126 Å². The summed E-state index contributed by atoms with van der Waals surface area (Å²) in [6.45, 7) is 0.00441. The fourth-order valence-electron chi connectivity index (χ4n) is 8.98. The topological polar surface area (TPSA) is 408 Å². The lowest BCUT2D eigenvalue weighted by Gasteiger charge is -2.06. The first-order valence-corrected chi connectivity index (χ1v) is 27.1. The Bertz CT molecular complexity index is 4080. The molecule has 0 bridgehead atoms. The Balaban J connectivity index is 0.713. The third kappa shape index (κ3) is 15.7. The molecule has 8 aromatic heterocycles. The molecule has 34 nitrogen and oxygen atoms in total. The molecule has 0 aliphatic carbocycles. The molecular weight excluding hydrogens is 1160 g/mol. The quantitative estimate of drug-likeness (QED) is 0.0286. The molecule has 0 saturated heterocycles. The van der Waals surface area contributed by atoms with Crippen LogP contribution in [0.3, 0.4) is 0 Å². The second-order valence-corrected chi connectivity index (χ2v) is 20.3. The molecule has 0 radical (unpaired) electrons. The maximum atomic E-state index is 13.3. The standard InChI is InChI=1S/C55H64N22O12/c1-70-18-17-56-44(70)51(84)60-30-19-35(72(3)23-30)49(82)58-15-12-42(79)65-39-28-76(7)46(68-39)53(86)61-31-20-34(71(2)24-31)48(81)57-14-10-11-41(78)64-38-27-75(6)45(67-38)52(85)62-32-21-36(73(4)25-32)50(83)59-16-13-43(80)66-40-29-77(8)47(69-40)54(87)63-33-22-37(55(88)89-9)74(5)26-33/h17-29H,10-16H2,1-9H3,(H,57,81)(H,58,82)(H,59,83)(H,60,84)(H,61,86)(H,62,85)(H,63,87)(H,64,78)(H,65,79)(H,66,80). The van der Waals surface area contributed by atoms with Crippen molar-refractivity contribution in [2.45, 2.75) is 25.7 Å². The Hall–Kier alpha value is -11.9. The first-order valence-electron chi connectivity index (χ1n) is 27.1. The fraction of sp³-hybridized carbons (Fsp3) is 0.291. The van der Waals surface area contributed by atoms with Crippen LogP contribution in [-0.4, -0.2) is 148 Å². The maximum absolute atomic E-state index is 13.3. The highest BCUT2D eigenvalue weighted by Gasteiger charge is 2.24. The summed E-state index contributed by atoms with van der Waals surface area (Å²) < 4.78 is 16.5. The van der Waals surface area contributed by atoms with Crippen LogP contribution in [0, 0.1) is 0 Å². The van der Waals surface area contributed by atoms with E-state index in [2.05, 4.69) is 73.1 Å². The molecule has 0 saturated carbocycles. The number of ether oxygens (including phenoxy) is 1. The van der Waals surface area contributed by atoms with Crippen molar-refractivity contribution >= 4 is 105 Å². The van der Waals surface area contributed by atoms with Gasteiger partial charge in [0.05, 0.1) is 29.9 Å². The predicted octanol–water partition coefficient (Wildman–Crippen LogP) is 1.44.